The number of hydrogen-bond donors (Lipinski definition) is 1. The first kappa shape index (κ1) is 15.0. The minimum Gasteiger partial charge on any atom is -1.00 e. The Kier molecular flexibility index (Phi) is 7.00. The second-order valence-corrected chi connectivity index (χ2v) is 2.00. The van der Waals surface area contributed by atoms with E-state index in [2.05, 4.69) is 4.98 Å². The van der Waals surface area contributed by atoms with Crippen molar-refractivity contribution in [3.05, 3.63) is 31.9 Å². The molecular formula is C4H5ClN3NaO4. The first-order chi connectivity index (χ1) is 5.11. The molecular weight excluding hydrogens is 213 g/mol. The van der Waals surface area contributed by atoms with Gasteiger partial charge in [0.15, 0.2) is 0 Å². The first-order valence-corrected chi connectivity index (χ1v) is 2.88. The van der Waals surface area contributed by atoms with Crippen molar-refractivity contribution >= 4 is 17.3 Å². The van der Waals surface area contributed by atoms with Gasteiger partial charge >= 0.3 is 40.8 Å². The van der Waals surface area contributed by atoms with Gasteiger partial charge in [-0.1, -0.05) is 0 Å². The van der Waals surface area contributed by atoms with Gasteiger partial charge in [0, 0.05) is 0 Å². The van der Waals surface area contributed by atoms with Gasteiger partial charge in [-0.15, -0.1) is 0 Å². The van der Waals surface area contributed by atoms with E-state index in [1.165, 1.54) is 0 Å². The summed E-state index contributed by atoms with van der Waals surface area (Å²) < 4.78 is 0. The summed E-state index contributed by atoms with van der Waals surface area (Å²) in [6.45, 7) is 0. The van der Waals surface area contributed by atoms with E-state index in [-0.39, 0.29) is 41.7 Å². The molecule has 0 spiro atoms. The van der Waals surface area contributed by atoms with Crippen LogP contribution in [-0.4, -0.2) is 20.4 Å². The van der Waals surface area contributed by atoms with Crippen molar-refractivity contribution in [3.8, 4) is 0 Å². The summed E-state index contributed by atoms with van der Waals surface area (Å²) in [6.07, 6.45) is 0.807. The molecule has 0 atom stereocenters. The van der Waals surface area contributed by atoms with Crippen LogP contribution in [0, 0.1) is 10.1 Å². The Bertz CT molecular complexity index is 359. The molecule has 0 aliphatic rings. The second kappa shape index (κ2) is 6.06. The largest absolute Gasteiger partial charge is 1.00 e. The summed E-state index contributed by atoms with van der Waals surface area (Å²) >= 11 is 5.23. The van der Waals surface area contributed by atoms with Gasteiger partial charge < -0.3 is 6.90 Å². The Labute approximate surface area is 100 Å². The van der Waals surface area contributed by atoms with Crippen molar-refractivity contribution < 1.29 is 41.4 Å². The fourth-order valence-corrected chi connectivity index (χ4v) is 0.631. The van der Waals surface area contributed by atoms with Gasteiger partial charge in [0.2, 0.25) is 5.28 Å². The average molecular weight is 218 g/mol. The molecule has 0 radical (unpaired) electrons. The Balaban J connectivity index is -0.000000403. The molecule has 1 rings (SSSR count). The van der Waals surface area contributed by atoms with Crippen LogP contribution in [0.4, 0.5) is 5.69 Å². The van der Waals surface area contributed by atoms with Gasteiger partial charge in [-0.2, -0.15) is 0 Å². The van der Waals surface area contributed by atoms with Gasteiger partial charge in [-0.05, 0) is 11.6 Å². The Morgan fingerprint density at radius 1 is 1.69 bits per heavy atom. The Hall–Kier alpha value is -0.470. The van der Waals surface area contributed by atoms with Crippen LogP contribution in [0.5, 0.6) is 0 Å². The smallest absolute Gasteiger partial charge is 1.00 e. The zero-order chi connectivity index (χ0) is 8.43. The molecule has 0 saturated heterocycles. The summed E-state index contributed by atoms with van der Waals surface area (Å²) in [5.41, 5.74) is -1.47. The zero-order valence-electron chi connectivity index (χ0n) is 7.57. The molecule has 0 saturated carbocycles. The minimum absolute atomic E-state index is 0. The number of nitrogens with zero attached hydrogens (tertiary/aromatic N) is 2. The quantitative estimate of drug-likeness (QED) is 0.228. The fraction of sp³-hybridized carbons (Fsp3) is 0. The van der Waals surface area contributed by atoms with E-state index < -0.39 is 16.2 Å². The number of H-pyrrole nitrogens is 1. The number of aromatic amines is 1. The molecule has 13 heavy (non-hydrogen) atoms. The van der Waals surface area contributed by atoms with E-state index in [0.29, 0.717) is 0 Å². The van der Waals surface area contributed by atoms with Gasteiger partial charge in [-0.25, -0.2) is 4.98 Å². The molecule has 68 valence electrons. The number of aromatic nitrogens is 2. The van der Waals surface area contributed by atoms with E-state index in [9.17, 15) is 14.9 Å². The second-order valence-electron chi connectivity index (χ2n) is 1.65. The summed E-state index contributed by atoms with van der Waals surface area (Å²) in [6, 6.07) is 0. The van der Waals surface area contributed by atoms with Crippen molar-refractivity contribution in [2.24, 2.45) is 0 Å². The minimum atomic E-state index is -0.852. The van der Waals surface area contributed by atoms with Crippen LogP contribution in [0.15, 0.2) is 11.0 Å². The van der Waals surface area contributed by atoms with Gasteiger partial charge in [0.05, 0.1) is 4.92 Å². The van der Waals surface area contributed by atoms with Crippen LogP contribution < -0.4 is 35.1 Å². The molecule has 3 N–H and O–H groups in total. The predicted octanol–water partition coefficient (Wildman–Crippen LogP) is -3.38. The number of nitrogens with one attached hydrogen (secondary N) is 1. The van der Waals surface area contributed by atoms with Crippen molar-refractivity contribution in [2.45, 2.75) is 0 Å². The van der Waals surface area contributed by atoms with E-state index in [4.69, 9.17) is 11.6 Å². The number of halogens is 1. The maximum atomic E-state index is 10.7. The molecule has 0 aromatic carbocycles. The molecule has 1 aromatic rings. The summed E-state index contributed by atoms with van der Waals surface area (Å²) in [5, 5.41) is 9.87. The molecule has 7 nitrogen and oxygen atoms in total. The molecule has 0 aliphatic carbocycles. The van der Waals surface area contributed by atoms with Gasteiger partial charge in [-0.3, -0.25) is 19.9 Å². The topological polar surface area (TPSA) is 120 Å². The van der Waals surface area contributed by atoms with E-state index in [0.717, 1.165) is 6.20 Å². The van der Waals surface area contributed by atoms with E-state index >= 15 is 0 Å². The van der Waals surface area contributed by atoms with Crippen LogP contribution in [-0.2, 0) is 0 Å². The molecule has 0 unspecified atom stereocenters. The molecule has 0 aliphatic heterocycles. The van der Waals surface area contributed by atoms with Crippen LogP contribution in [0.1, 0.15) is 1.43 Å². The predicted molar refractivity (Wildman–Crippen MR) is 41.2 cm³/mol. The maximum absolute atomic E-state index is 10.7. The van der Waals surface area contributed by atoms with Crippen molar-refractivity contribution in [3.63, 3.8) is 0 Å². The molecule has 1 aromatic heterocycles. The van der Waals surface area contributed by atoms with Crippen LogP contribution >= 0.6 is 11.6 Å². The Morgan fingerprint density at radius 3 is 2.62 bits per heavy atom. The van der Waals surface area contributed by atoms with Gasteiger partial charge in [0.1, 0.15) is 6.20 Å². The maximum Gasteiger partial charge on any atom is 1.00 e. The fourth-order valence-electron chi connectivity index (χ4n) is 0.496. The monoisotopic (exact) mass is 217 g/mol. The van der Waals surface area contributed by atoms with Crippen molar-refractivity contribution in [1.29, 1.82) is 0 Å². The normalized spacial score (nSPS) is 8.08. The summed E-state index contributed by atoms with van der Waals surface area (Å²) in [5.74, 6) is 0. The van der Waals surface area contributed by atoms with Crippen molar-refractivity contribution in [2.75, 3.05) is 0 Å². The average Bonchev–Trinajstić information content (AvgIpc) is 1.85. The molecule has 0 amide bonds. The molecule has 1 heterocycles. The van der Waals surface area contributed by atoms with Gasteiger partial charge in [0.25, 0.3) is 0 Å². The number of rotatable bonds is 1. The van der Waals surface area contributed by atoms with Crippen LogP contribution in [0.2, 0.25) is 5.28 Å². The third-order valence-electron chi connectivity index (χ3n) is 0.946. The summed E-state index contributed by atoms with van der Waals surface area (Å²) in [4.78, 5) is 25.2. The zero-order valence-corrected chi connectivity index (χ0v) is 9.33. The molecule has 0 bridgehead atoms. The number of hydrogen-bond acceptors (Lipinski definition) is 4. The van der Waals surface area contributed by atoms with Crippen molar-refractivity contribution in [1.82, 2.24) is 9.97 Å². The SMILES string of the molecule is O.O=c1[nH]c(Cl)ncc1[N+](=O)[O-].[H-].[Na+]. The van der Waals surface area contributed by atoms with E-state index in [1.54, 1.807) is 0 Å². The third kappa shape index (κ3) is 3.83. The van der Waals surface area contributed by atoms with Crippen LogP contribution in [0.25, 0.3) is 0 Å². The summed E-state index contributed by atoms with van der Waals surface area (Å²) in [7, 11) is 0. The Morgan fingerprint density at radius 2 is 2.23 bits per heavy atom. The molecule has 9 heteroatoms. The van der Waals surface area contributed by atoms with Crippen LogP contribution in [0.3, 0.4) is 0 Å². The standard InChI is InChI=1S/C4H2ClN3O3.Na.H2O.H/c5-4-6-1-2(8(10)11)3(9)7-4;;;/h1H,(H,6,7,9);;1H2;/q;+1;;-1. The third-order valence-corrected chi connectivity index (χ3v) is 1.14. The first-order valence-electron chi connectivity index (χ1n) is 2.50. The number of nitro groups is 1. The molecule has 0 fully saturated rings. The van der Waals surface area contributed by atoms with E-state index in [1.807, 2.05) is 4.98 Å².